The smallest absolute Gasteiger partial charge is 0.252 e. The van der Waals surface area contributed by atoms with Crippen molar-refractivity contribution in [3.8, 4) is 0 Å². The molecule has 0 radical (unpaired) electrons. The summed E-state index contributed by atoms with van der Waals surface area (Å²) in [6.07, 6.45) is 1.49. The molecular weight excluding hydrogens is 230 g/mol. The fourth-order valence-electron chi connectivity index (χ4n) is 2.12. The number of amides is 1. The summed E-state index contributed by atoms with van der Waals surface area (Å²) in [5.41, 5.74) is -0.623. The summed E-state index contributed by atoms with van der Waals surface area (Å²) >= 11 is 0. The van der Waals surface area contributed by atoms with Crippen LogP contribution in [0.25, 0.3) is 0 Å². The van der Waals surface area contributed by atoms with Crippen molar-refractivity contribution < 1.29 is 9.53 Å². The van der Waals surface area contributed by atoms with Gasteiger partial charge in [-0.15, -0.1) is 0 Å². The third-order valence-electron chi connectivity index (χ3n) is 3.85. The number of ether oxygens (including phenoxy) is 1. The van der Waals surface area contributed by atoms with Crippen LogP contribution < -0.4 is 10.6 Å². The Kier molecular flexibility index (Phi) is 6.05. The van der Waals surface area contributed by atoms with Gasteiger partial charge in [-0.3, -0.25) is 4.79 Å². The first kappa shape index (κ1) is 15.4. The van der Waals surface area contributed by atoms with Crippen molar-refractivity contribution in [2.24, 2.45) is 0 Å². The summed E-state index contributed by atoms with van der Waals surface area (Å²) < 4.78 is 5.48. The van der Waals surface area contributed by atoms with Gasteiger partial charge in [-0.2, -0.15) is 0 Å². The number of hydrogen-bond donors (Lipinski definition) is 2. The van der Waals surface area contributed by atoms with Crippen LogP contribution in [-0.4, -0.2) is 62.8 Å². The molecule has 0 aromatic rings. The van der Waals surface area contributed by atoms with Gasteiger partial charge in [0.1, 0.15) is 5.60 Å². The van der Waals surface area contributed by atoms with Gasteiger partial charge in [0, 0.05) is 26.2 Å². The fraction of sp³-hybridized carbons (Fsp3) is 0.923. The topological polar surface area (TPSA) is 53.6 Å². The molecular formula is C13H27N3O2. The highest BCUT2D eigenvalue weighted by Crippen LogP contribution is 2.22. The fourth-order valence-corrected chi connectivity index (χ4v) is 2.12. The highest BCUT2D eigenvalue weighted by molar-refractivity contribution is 5.85. The first-order valence-electron chi connectivity index (χ1n) is 6.76. The Morgan fingerprint density at radius 2 is 2.06 bits per heavy atom. The van der Waals surface area contributed by atoms with E-state index in [1.54, 1.807) is 7.11 Å². The first-order chi connectivity index (χ1) is 8.52. The van der Waals surface area contributed by atoms with E-state index in [4.69, 9.17) is 4.74 Å². The Morgan fingerprint density at radius 1 is 1.44 bits per heavy atom. The van der Waals surface area contributed by atoms with Crippen molar-refractivity contribution in [2.75, 3.05) is 40.3 Å². The lowest BCUT2D eigenvalue weighted by atomic mass is 9.91. The molecule has 0 saturated carbocycles. The minimum Gasteiger partial charge on any atom is -0.368 e. The number of rotatable bonds is 6. The number of hydrogen-bond acceptors (Lipinski definition) is 4. The van der Waals surface area contributed by atoms with E-state index in [0.717, 1.165) is 32.5 Å². The summed E-state index contributed by atoms with van der Waals surface area (Å²) in [4.78, 5) is 14.4. The summed E-state index contributed by atoms with van der Waals surface area (Å²) in [6, 6.07) is 0.497. The second-order valence-electron chi connectivity index (χ2n) is 5.28. The molecule has 0 aliphatic carbocycles. The van der Waals surface area contributed by atoms with Crippen LogP contribution in [0.1, 0.15) is 26.7 Å². The molecule has 1 aliphatic heterocycles. The Bertz CT molecular complexity index is 263. The Balaban J connectivity index is 2.38. The molecule has 18 heavy (non-hydrogen) atoms. The van der Waals surface area contributed by atoms with E-state index < -0.39 is 5.60 Å². The largest absolute Gasteiger partial charge is 0.368 e. The molecule has 0 spiro atoms. The van der Waals surface area contributed by atoms with E-state index >= 15 is 0 Å². The summed E-state index contributed by atoms with van der Waals surface area (Å²) in [6.45, 7) is 7.50. The molecule has 5 heteroatoms. The van der Waals surface area contributed by atoms with Gasteiger partial charge in [0.05, 0.1) is 0 Å². The Labute approximate surface area is 110 Å². The average Bonchev–Trinajstić information content (AvgIpc) is 2.39. The van der Waals surface area contributed by atoms with Gasteiger partial charge in [-0.1, -0.05) is 0 Å². The van der Waals surface area contributed by atoms with Gasteiger partial charge in [0.15, 0.2) is 0 Å². The lowest BCUT2D eigenvalue weighted by molar-refractivity contribution is -0.146. The van der Waals surface area contributed by atoms with Gasteiger partial charge in [0.25, 0.3) is 5.91 Å². The number of carbonyl (C=O) groups is 1. The molecule has 0 bridgehead atoms. The van der Waals surface area contributed by atoms with Crippen molar-refractivity contribution in [1.29, 1.82) is 0 Å². The zero-order chi connectivity index (χ0) is 13.6. The normalized spacial score (nSPS) is 19.2. The van der Waals surface area contributed by atoms with Gasteiger partial charge in [-0.05, 0) is 46.8 Å². The molecule has 2 N–H and O–H groups in total. The van der Waals surface area contributed by atoms with Crippen LogP contribution >= 0.6 is 0 Å². The SMILES string of the molecule is COC1(C(=O)NCCN(C)C(C)C)CCNCC1. The van der Waals surface area contributed by atoms with Gasteiger partial charge in [0.2, 0.25) is 0 Å². The molecule has 1 heterocycles. The molecule has 1 rings (SSSR count). The minimum atomic E-state index is -0.623. The molecule has 1 aliphatic rings. The number of likely N-dealkylation sites (N-methyl/N-ethyl adjacent to an activating group) is 1. The van der Waals surface area contributed by atoms with Crippen molar-refractivity contribution in [3.05, 3.63) is 0 Å². The lowest BCUT2D eigenvalue weighted by Crippen LogP contribution is -2.55. The lowest BCUT2D eigenvalue weighted by Gasteiger charge is -2.35. The monoisotopic (exact) mass is 257 g/mol. The third-order valence-corrected chi connectivity index (χ3v) is 3.85. The van der Waals surface area contributed by atoms with Crippen LogP contribution in [0, 0.1) is 0 Å². The maximum Gasteiger partial charge on any atom is 0.252 e. The Morgan fingerprint density at radius 3 is 2.56 bits per heavy atom. The van der Waals surface area contributed by atoms with Gasteiger partial charge in [-0.25, -0.2) is 0 Å². The highest BCUT2D eigenvalue weighted by atomic mass is 16.5. The zero-order valence-electron chi connectivity index (χ0n) is 12.1. The van der Waals surface area contributed by atoms with Crippen LogP contribution in [0.2, 0.25) is 0 Å². The first-order valence-corrected chi connectivity index (χ1v) is 6.76. The predicted octanol–water partition coefficient (Wildman–Crippen LogP) is 0.211. The summed E-state index contributed by atoms with van der Waals surface area (Å²) in [5, 5.41) is 6.25. The molecule has 106 valence electrons. The highest BCUT2D eigenvalue weighted by Gasteiger charge is 2.39. The average molecular weight is 257 g/mol. The second-order valence-corrected chi connectivity index (χ2v) is 5.28. The maximum absolute atomic E-state index is 12.2. The van der Waals surface area contributed by atoms with Crippen LogP contribution in [-0.2, 0) is 9.53 Å². The second kappa shape index (κ2) is 7.07. The number of nitrogens with zero attached hydrogens (tertiary/aromatic N) is 1. The van der Waals surface area contributed by atoms with E-state index in [-0.39, 0.29) is 5.91 Å². The number of nitrogens with one attached hydrogen (secondary N) is 2. The van der Waals surface area contributed by atoms with Crippen LogP contribution in [0.5, 0.6) is 0 Å². The molecule has 0 aromatic carbocycles. The molecule has 1 amide bonds. The van der Waals surface area contributed by atoms with Crippen LogP contribution in [0.4, 0.5) is 0 Å². The molecule has 5 nitrogen and oxygen atoms in total. The van der Waals surface area contributed by atoms with Gasteiger partial charge < -0.3 is 20.3 Å². The van der Waals surface area contributed by atoms with E-state index in [2.05, 4.69) is 36.4 Å². The maximum atomic E-state index is 12.2. The molecule has 0 unspecified atom stereocenters. The molecule has 0 atom stereocenters. The van der Waals surface area contributed by atoms with E-state index in [1.165, 1.54) is 0 Å². The van der Waals surface area contributed by atoms with Crippen molar-refractivity contribution >= 4 is 5.91 Å². The standard InChI is InChI=1S/C13H27N3O2/c1-11(2)16(3)10-9-15-12(17)13(18-4)5-7-14-8-6-13/h11,14H,5-10H2,1-4H3,(H,15,17). The van der Waals surface area contributed by atoms with Crippen molar-refractivity contribution in [2.45, 2.75) is 38.3 Å². The van der Waals surface area contributed by atoms with Crippen LogP contribution in [0.15, 0.2) is 0 Å². The summed E-state index contributed by atoms with van der Waals surface area (Å²) in [5.74, 6) is 0.0312. The molecule has 1 saturated heterocycles. The zero-order valence-corrected chi connectivity index (χ0v) is 12.1. The van der Waals surface area contributed by atoms with Crippen molar-refractivity contribution in [3.63, 3.8) is 0 Å². The summed E-state index contributed by atoms with van der Waals surface area (Å²) in [7, 11) is 3.69. The number of piperidine rings is 1. The number of carbonyl (C=O) groups excluding carboxylic acids is 1. The van der Waals surface area contributed by atoms with Crippen LogP contribution in [0.3, 0.4) is 0 Å². The van der Waals surface area contributed by atoms with E-state index in [9.17, 15) is 4.79 Å². The predicted molar refractivity (Wildman–Crippen MR) is 72.6 cm³/mol. The minimum absolute atomic E-state index is 0.0312. The van der Waals surface area contributed by atoms with Crippen molar-refractivity contribution in [1.82, 2.24) is 15.5 Å². The van der Waals surface area contributed by atoms with E-state index in [1.807, 2.05) is 0 Å². The molecule has 0 aromatic heterocycles. The van der Waals surface area contributed by atoms with Gasteiger partial charge >= 0.3 is 0 Å². The molecule has 1 fully saturated rings. The quantitative estimate of drug-likeness (QED) is 0.714. The third kappa shape index (κ3) is 3.93. The Hall–Kier alpha value is -0.650. The number of methoxy groups -OCH3 is 1. The van der Waals surface area contributed by atoms with E-state index in [0.29, 0.717) is 12.6 Å².